The van der Waals surface area contributed by atoms with Crippen LogP contribution in [0.2, 0.25) is 0 Å². The molecule has 0 saturated carbocycles. The maximum Gasteiger partial charge on any atom is 0.131 e. The second kappa shape index (κ2) is 5.69. The van der Waals surface area contributed by atoms with Crippen LogP contribution in [0.1, 0.15) is 16.7 Å². The Kier molecular flexibility index (Phi) is 3.72. The van der Waals surface area contributed by atoms with Crippen LogP contribution in [0.5, 0.6) is 5.75 Å². The number of para-hydroxylation sites is 1. The number of rotatable bonds is 2. The van der Waals surface area contributed by atoms with Gasteiger partial charge < -0.3 is 5.11 Å². The molecule has 0 unspecified atom stereocenters. The number of benzene rings is 3. The molecule has 0 aliphatic rings. The number of phenols is 1. The molecular formula is C21H20O. The Morgan fingerprint density at radius 3 is 1.73 bits per heavy atom. The van der Waals surface area contributed by atoms with Gasteiger partial charge in [-0.1, -0.05) is 77.4 Å². The lowest BCUT2D eigenvalue weighted by Crippen LogP contribution is -1.86. The molecule has 0 spiro atoms. The van der Waals surface area contributed by atoms with Crippen LogP contribution >= 0.6 is 0 Å². The lowest BCUT2D eigenvalue weighted by molar-refractivity contribution is 0.479. The van der Waals surface area contributed by atoms with Crippen molar-refractivity contribution in [1.29, 1.82) is 0 Å². The van der Waals surface area contributed by atoms with Crippen molar-refractivity contribution in [1.82, 2.24) is 0 Å². The van der Waals surface area contributed by atoms with Crippen LogP contribution < -0.4 is 0 Å². The predicted octanol–water partition coefficient (Wildman–Crippen LogP) is 5.65. The van der Waals surface area contributed by atoms with Gasteiger partial charge in [-0.05, 0) is 31.9 Å². The molecule has 0 radical (unpaired) electrons. The summed E-state index contributed by atoms with van der Waals surface area (Å²) in [5.74, 6) is 0.344. The van der Waals surface area contributed by atoms with Gasteiger partial charge in [0.05, 0.1) is 0 Å². The Balaban J connectivity index is 2.15. The summed E-state index contributed by atoms with van der Waals surface area (Å²) in [7, 11) is 0. The van der Waals surface area contributed by atoms with Crippen molar-refractivity contribution in [2.24, 2.45) is 0 Å². The van der Waals surface area contributed by atoms with E-state index in [1.54, 1.807) is 0 Å². The zero-order valence-electron chi connectivity index (χ0n) is 13.2. The quantitative estimate of drug-likeness (QED) is 0.646. The number of aromatic hydroxyl groups is 1. The highest BCUT2D eigenvalue weighted by molar-refractivity contribution is 5.82. The predicted molar refractivity (Wildman–Crippen MR) is 93.2 cm³/mol. The van der Waals surface area contributed by atoms with Crippen LogP contribution in [-0.2, 0) is 0 Å². The van der Waals surface area contributed by atoms with Crippen LogP contribution in [0.25, 0.3) is 22.3 Å². The first-order valence-corrected chi connectivity index (χ1v) is 7.52. The van der Waals surface area contributed by atoms with Crippen molar-refractivity contribution in [3.05, 3.63) is 77.4 Å². The van der Waals surface area contributed by atoms with Gasteiger partial charge in [0.1, 0.15) is 5.75 Å². The number of aryl methyl sites for hydroxylation is 3. The first-order valence-electron chi connectivity index (χ1n) is 7.52. The van der Waals surface area contributed by atoms with Gasteiger partial charge in [-0.3, -0.25) is 0 Å². The van der Waals surface area contributed by atoms with Crippen molar-refractivity contribution < 1.29 is 5.11 Å². The third-order valence-electron chi connectivity index (χ3n) is 3.93. The molecule has 3 rings (SSSR count). The van der Waals surface area contributed by atoms with E-state index in [0.29, 0.717) is 5.75 Å². The van der Waals surface area contributed by atoms with Crippen LogP contribution in [-0.4, -0.2) is 5.11 Å². The molecular weight excluding hydrogens is 268 g/mol. The van der Waals surface area contributed by atoms with Gasteiger partial charge in [0.25, 0.3) is 0 Å². The molecule has 0 atom stereocenters. The minimum Gasteiger partial charge on any atom is -0.507 e. The topological polar surface area (TPSA) is 20.2 Å². The highest BCUT2D eigenvalue weighted by atomic mass is 16.3. The summed E-state index contributed by atoms with van der Waals surface area (Å²) in [5.41, 5.74) is 7.47. The summed E-state index contributed by atoms with van der Waals surface area (Å²) in [6.45, 7) is 6.23. The average Bonchev–Trinajstić information content (AvgIpc) is 2.47. The SMILES string of the molecule is Cc1ccc(-c2cccc(-c3cc(C)cc(C)c3)c2O)cc1. The van der Waals surface area contributed by atoms with Crippen LogP contribution in [0.3, 0.4) is 0 Å². The second-order valence-corrected chi connectivity index (χ2v) is 5.94. The van der Waals surface area contributed by atoms with Crippen molar-refractivity contribution in [3.63, 3.8) is 0 Å². The minimum atomic E-state index is 0.344. The van der Waals surface area contributed by atoms with E-state index in [-0.39, 0.29) is 0 Å². The van der Waals surface area contributed by atoms with Gasteiger partial charge in [-0.15, -0.1) is 0 Å². The van der Waals surface area contributed by atoms with E-state index in [9.17, 15) is 5.11 Å². The Labute approximate surface area is 131 Å². The molecule has 22 heavy (non-hydrogen) atoms. The molecule has 1 heteroatoms. The molecule has 3 aromatic carbocycles. The Morgan fingerprint density at radius 1 is 0.591 bits per heavy atom. The summed E-state index contributed by atoms with van der Waals surface area (Å²) in [6, 6.07) is 20.5. The third-order valence-corrected chi connectivity index (χ3v) is 3.93. The number of phenolic OH excluding ortho intramolecular Hbond substituents is 1. The fraction of sp³-hybridized carbons (Fsp3) is 0.143. The smallest absolute Gasteiger partial charge is 0.131 e. The number of hydrogen-bond acceptors (Lipinski definition) is 1. The molecule has 3 aromatic rings. The normalized spacial score (nSPS) is 10.7. The second-order valence-electron chi connectivity index (χ2n) is 5.94. The van der Waals surface area contributed by atoms with Gasteiger partial charge in [-0.25, -0.2) is 0 Å². The zero-order chi connectivity index (χ0) is 15.7. The molecule has 0 amide bonds. The molecule has 0 bridgehead atoms. The number of hydrogen-bond donors (Lipinski definition) is 1. The monoisotopic (exact) mass is 288 g/mol. The fourth-order valence-corrected chi connectivity index (χ4v) is 2.87. The van der Waals surface area contributed by atoms with Crippen LogP contribution in [0, 0.1) is 20.8 Å². The summed E-state index contributed by atoms with van der Waals surface area (Å²) in [4.78, 5) is 0. The Hall–Kier alpha value is -2.54. The highest BCUT2D eigenvalue weighted by Crippen LogP contribution is 2.38. The van der Waals surface area contributed by atoms with E-state index in [1.807, 2.05) is 18.2 Å². The van der Waals surface area contributed by atoms with Crippen molar-refractivity contribution in [3.8, 4) is 28.0 Å². The maximum atomic E-state index is 10.7. The summed E-state index contributed by atoms with van der Waals surface area (Å²) in [6.07, 6.45) is 0. The first kappa shape index (κ1) is 14.4. The molecule has 0 heterocycles. The maximum absolute atomic E-state index is 10.7. The van der Waals surface area contributed by atoms with E-state index in [0.717, 1.165) is 22.3 Å². The van der Waals surface area contributed by atoms with Gasteiger partial charge >= 0.3 is 0 Å². The van der Waals surface area contributed by atoms with E-state index in [1.165, 1.54) is 16.7 Å². The van der Waals surface area contributed by atoms with E-state index in [4.69, 9.17) is 0 Å². The molecule has 110 valence electrons. The molecule has 0 saturated heterocycles. The first-order chi connectivity index (χ1) is 10.5. The van der Waals surface area contributed by atoms with Gasteiger partial charge in [0.2, 0.25) is 0 Å². The van der Waals surface area contributed by atoms with Gasteiger partial charge in [0.15, 0.2) is 0 Å². The van der Waals surface area contributed by atoms with Crippen molar-refractivity contribution >= 4 is 0 Å². The molecule has 1 nitrogen and oxygen atoms in total. The summed E-state index contributed by atoms with van der Waals surface area (Å²) >= 11 is 0. The molecule has 0 fully saturated rings. The fourth-order valence-electron chi connectivity index (χ4n) is 2.87. The van der Waals surface area contributed by atoms with Gasteiger partial charge in [-0.2, -0.15) is 0 Å². The lowest BCUT2D eigenvalue weighted by Gasteiger charge is -2.12. The average molecular weight is 288 g/mol. The summed E-state index contributed by atoms with van der Waals surface area (Å²) in [5, 5.41) is 10.7. The molecule has 0 aromatic heterocycles. The molecule has 1 N–H and O–H groups in total. The largest absolute Gasteiger partial charge is 0.507 e. The van der Waals surface area contributed by atoms with Crippen molar-refractivity contribution in [2.75, 3.05) is 0 Å². The Morgan fingerprint density at radius 2 is 1.14 bits per heavy atom. The zero-order valence-corrected chi connectivity index (χ0v) is 13.2. The van der Waals surface area contributed by atoms with E-state index < -0.39 is 0 Å². The van der Waals surface area contributed by atoms with Crippen LogP contribution in [0.15, 0.2) is 60.7 Å². The third kappa shape index (κ3) is 2.75. The van der Waals surface area contributed by atoms with E-state index in [2.05, 4.69) is 63.2 Å². The summed E-state index contributed by atoms with van der Waals surface area (Å²) < 4.78 is 0. The minimum absolute atomic E-state index is 0.344. The highest BCUT2D eigenvalue weighted by Gasteiger charge is 2.11. The van der Waals surface area contributed by atoms with Crippen molar-refractivity contribution in [2.45, 2.75) is 20.8 Å². The van der Waals surface area contributed by atoms with E-state index >= 15 is 0 Å². The standard InChI is InChI=1S/C21H20O/c1-14-7-9-17(10-8-14)19-5-4-6-20(21(19)22)18-12-15(2)11-16(3)13-18/h4-13,22H,1-3H3. The molecule has 0 aliphatic carbocycles. The van der Waals surface area contributed by atoms with Crippen LogP contribution in [0.4, 0.5) is 0 Å². The Bertz CT molecular complexity index is 794. The lowest BCUT2D eigenvalue weighted by atomic mass is 9.95. The molecule has 0 aliphatic heterocycles. The van der Waals surface area contributed by atoms with Gasteiger partial charge in [0, 0.05) is 11.1 Å².